The summed E-state index contributed by atoms with van der Waals surface area (Å²) in [7, 11) is 0. The highest BCUT2D eigenvalue weighted by Crippen LogP contribution is 2.30. The minimum atomic E-state index is 0.262. The SMILES string of the molecule is CC1CCC(N(C(=O)CN2CCNCC2)c2ccccc2)CC1. The van der Waals surface area contributed by atoms with E-state index in [9.17, 15) is 4.79 Å². The Kier molecular flexibility index (Phi) is 5.68. The molecule has 1 aromatic carbocycles. The molecule has 2 fully saturated rings. The number of anilines is 1. The summed E-state index contributed by atoms with van der Waals surface area (Å²) in [6, 6.07) is 10.6. The van der Waals surface area contributed by atoms with Gasteiger partial charge >= 0.3 is 0 Å². The fourth-order valence-corrected chi connectivity index (χ4v) is 3.78. The summed E-state index contributed by atoms with van der Waals surface area (Å²) in [5.41, 5.74) is 1.06. The third kappa shape index (κ3) is 4.33. The van der Waals surface area contributed by atoms with E-state index in [1.165, 1.54) is 12.8 Å². The van der Waals surface area contributed by atoms with Crippen LogP contribution in [0, 0.1) is 5.92 Å². The second-order valence-electron chi connectivity index (χ2n) is 7.04. The maximum Gasteiger partial charge on any atom is 0.241 e. The number of piperazine rings is 1. The van der Waals surface area contributed by atoms with E-state index in [2.05, 4.69) is 34.2 Å². The van der Waals surface area contributed by atoms with Crippen LogP contribution in [0.4, 0.5) is 5.69 Å². The van der Waals surface area contributed by atoms with Gasteiger partial charge in [0, 0.05) is 37.9 Å². The first-order chi connectivity index (χ1) is 11.2. The number of amides is 1. The van der Waals surface area contributed by atoms with Crippen molar-refractivity contribution in [3.63, 3.8) is 0 Å². The van der Waals surface area contributed by atoms with Gasteiger partial charge in [-0.1, -0.05) is 25.1 Å². The molecule has 0 unspecified atom stereocenters. The summed E-state index contributed by atoms with van der Waals surface area (Å²) in [6.45, 7) is 6.78. The monoisotopic (exact) mass is 315 g/mol. The van der Waals surface area contributed by atoms with E-state index in [-0.39, 0.29) is 5.91 Å². The molecule has 4 heteroatoms. The lowest BCUT2D eigenvalue weighted by Gasteiger charge is -2.38. The maximum atomic E-state index is 13.1. The molecule has 0 radical (unpaired) electrons. The van der Waals surface area contributed by atoms with Crippen molar-refractivity contribution in [3.8, 4) is 0 Å². The largest absolute Gasteiger partial charge is 0.314 e. The minimum absolute atomic E-state index is 0.262. The second-order valence-corrected chi connectivity index (χ2v) is 7.04. The lowest BCUT2D eigenvalue weighted by atomic mass is 9.86. The van der Waals surface area contributed by atoms with E-state index in [4.69, 9.17) is 0 Å². The van der Waals surface area contributed by atoms with Crippen molar-refractivity contribution < 1.29 is 4.79 Å². The molecule has 0 aromatic heterocycles. The van der Waals surface area contributed by atoms with Crippen molar-refractivity contribution in [2.45, 2.75) is 38.6 Å². The molecule has 1 aromatic rings. The second kappa shape index (κ2) is 7.93. The zero-order valence-corrected chi connectivity index (χ0v) is 14.2. The van der Waals surface area contributed by atoms with E-state index >= 15 is 0 Å². The first kappa shape index (κ1) is 16.5. The van der Waals surface area contributed by atoms with Crippen molar-refractivity contribution in [2.24, 2.45) is 5.92 Å². The van der Waals surface area contributed by atoms with Crippen LogP contribution in [0.3, 0.4) is 0 Å². The van der Waals surface area contributed by atoms with Gasteiger partial charge in [-0.3, -0.25) is 9.69 Å². The topological polar surface area (TPSA) is 35.6 Å². The van der Waals surface area contributed by atoms with Gasteiger partial charge in [-0.15, -0.1) is 0 Å². The molecule has 0 spiro atoms. The van der Waals surface area contributed by atoms with Gasteiger partial charge < -0.3 is 10.2 Å². The molecule has 2 aliphatic rings. The lowest BCUT2D eigenvalue weighted by Crippen LogP contribution is -2.51. The predicted octanol–water partition coefficient (Wildman–Crippen LogP) is 2.50. The summed E-state index contributed by atoms with van der Waals surface area (Å²) in [4.78, 5) is 17.4. The van der Waals surface area contributed by atoms with E-state index in [1.807, 2.05) is 18.2 Å². The molecule has 1 amide bonds. The average molecular weight is 315 g/mol. The smallest absolute Gasteiger partial charge is 0.241 e. The standard InChI is InChI=1S/C19H29N3O/c1-16-7-9-18(10-8-16)22(17-5-3-2-4-6-17)19(23)15-21-13-11-20-12-14-21/h2-6,16,18,20H,7-15H2,1H3. The number of benzene rings is 1. The predicted molar refractivity (Wildman–Crippen MR) is 94.7 cm³/mol. The van der Waals surface area contributed by atoms with Crippen LogP contribution >= 0.6 is 0 Å². The van der Waals surface area contributed by atoms with Gasteiger partial charge in [0.05, 0.1) is 6.54 Å². The maximum absolute atomic E-state index is 13.1. The first-order valence-corrected chi connectivity index (χ1v) is 9.04. The number of carbonyl (C=O) groups excluding carboxylic acids is 1. The molecule has 1 heterocycles. The first-order valence-electron chi connectivity index (χ1n) is 9.04. The van der Waals surface area contributed by atoms with Crippen molar-refractivity contribution in [1.29, 1.82) is 0 Å². The van der Waals surface area contributed by atoms with Gasteiger partial charge in [-0.2, -0.15) is 0 Å². The molecule has 23 heavy (non-hydrogen) atoms. The van der Waals surface area contributed by atoms with Crippen LogP contribution in [0.5, 0.6) is 0 Å². The summed E-state index contributed by atoms with van der Waals surface area (Å²) in [5.74, 6) is 1.06. The van der Waals surface area contributed by atoms with Crippen molar-refractivity contribution in [1.82, 2.24) is 10.2 Å². The molecule has 4 nitrogen and oxygen atoms in total. The van der Waals surface area contributed by atoms with Crippen LogP contribution in [0.15, 0.2) is 30.3 Å². The zero-order chi connectivity index (χ0) is 16.1. The Labute approximate surface area is 139 Å². The van der Waals surface area contributed by atoms with Crippen LogP contribution in [-0.2, 0) is 4.79 Å². The number of carbonyl (C=O) groups is 1. The highest BCUT2D eigenvalue weighted by molar-refractivity contribution is 5.95. The molecule has 1 aliphatic carbocycles. The summed E-state index contributed by atoms with van der Waals surface area (Å²) >= 11 is 0. The number of para-hydroxylation sites is 1. The normalized spacial score (nSPS) is 26.0. The average Bonchev–Trinajstić information content (AvgIpc) is 2.59. The van der Waals surface area contributed by atoms with E-state index < -0.39 is 0 Å². The summed E-state index contributed by atoms with van der Waals surface area (Å²) in [6.07, 6.45) is 4.72. The number of rotatable bonds is 4. The Morgan fingerprint density at radius 1 is 1.13 bits per heavy atom. The van der Waals surface area contributed by atoms with E-state index in [1.54, 1.807) is 0 Å². The molecule has 1 aliphatic heterocycles. The van der Waals surface area contributed by atoms with Crippen molar-refractivity contribution in [3.05, 3.63) is 30.3 Å². The molecule has 126 valence electrons. The Morgan fingerprint density at radius 3 is 2.43 bits per heavy atom. The van der Waals surface area contributed by atoms with E-state index in [0.29, 0.717) is 12.6 Å². The minimum Gasteiger partial charge on any atom is -0.314 e. The Hall–Kier alpha value is -1.39. The molecule has 1 saturated carbocycles. The molecule has 1 N–H and O–H groups in total. The van der Waals surface area contributed by atoms with Crippen LogP contribution in [0.1, 0.15) is 32.6 Å². The van der Waals surface area contributed by atoms with Crippen LogP contribution < -0.4 is 10.2 Å². The Bertz CT molecular complexity index is 491. The number of hydrogen-bond acceptors (Lipinski definition) is 3. The highest BCUT2D eigenvalue weighted by atomic mass is 16.2. The third-order valence-electron chi connectivity index (χ3n) is 5.22. The Morgan fingerprint density at radius 2 is 1.78 bits per heavy atom. The summed E-state index contributed by atoms with van der Waals surface area (Å²) < 4.78 is 0. The van der Waals surface area contributed by atoms with Crippen LogP contribution in [-0.4, -0.2) is 49.6 Å². The quantitative estimate of drug-likeness (QED) is 0.927. The lowest BCUT2D eigenvalue weighted by molar-refractivity contribution is -0.120. The van der Waals surface area contributed by atoms with Gasteiger partial charge in [0.2, 0.25) is 5.91 Å². The highest BCUT2D eigenvalue weighted by Gasteiger charge is 2.29. The molecule has 3 rings (SSSR count). The van der Waals surface area contributed by atoms with Crippen molar-refractivity contribution >= 4 is 11.6 Å². The van der Waals surface area contributed by atoms with Crippen molar-refractivity contribution in [2.75, 3.05) is 37.6 Å². The molecule has 0 atom stereocenters. The molecular formula is C19H29N3O. The van der Waals surface area contributed by atoms with Gasteiger partial charge in [-0.25, -0.2) is 0 Å². The molecule has 1 saturated heterocycles. The molecular weight excluding hydrogens is 286 g/mol. The number of nitrogens with one attached hydrogen (secondary N) is 1. The van der Waals surface area contributed by atoms with Crippen LogP contribution in [0.25, 0.3) is 0 Å². The fourth-order valence-electron chi connectivity index (χ4n) is 3.78. The van der Waals surface area contributed by atoms with Crippen LogP contribution in [0.2, 0.25) is 0 Å². The third-order valence-corrected chi connectivity index (χ3v) is 5.22. The number of nitrogens with zero attached hydrogens (tertiary/aromatic N) is 2. The van der Waals surface area contributed by atoms with Gasteiger partial charge in [0.1, 0.15) is 0 Å². The zero-order valence-electron chi connectivity index (χ0n) is 14.2. The molecule has 0 bridgehead atoms. The van der Waals surface area contributed by atoms with Gasteiger partial charge in [0.25, 0.3) is 0 Å². The fraction of sp³-hybridized carbons (Fsp3) is 0.632. The number of hydrogen-bond donors (Lipinski definition) is 1. The summed E-state index contributed by atoms with van der Waals surface area (Å²) in [5, 5.41) is 3.35. The van der Waals surface area contributed by atoms with Gasteiger partial charge in [-0.05, 0) is 43.7 Å². The van der Waals surface area contributed by atoms with Gasteiger partial charge in [0.15, 0.2) is 0 Å². The Balaban J connectivity index is 1.73. The van der Waals surface area contributed by atoms with E-state index in [0.717, 1.165) is 50.6 Å².